The summed E-state index contributed by atoms with van der Waals surface area (Å²) in [7, 11) is 0. The largest absolute Gasteiger partial charge is 0.490 e. The van der Waals surface area contributed by atoms with E-state index in [1.807, 2.05) is 36.4 Å². The molecule has 0 aliphatic rings. The molecule has 0 amide bonds. The molecular weight excluding hydrogens is 608 g/mol. The molecule has 11 heteroatoms. The zero-order chi connectivity index (χ0) is 33.2. The van der Waals surface area contributed by atoms with Gasteiger partial charge < -0.3 is 34.0 Å². The molecular formula is C36H26O11. The number of hydrogen-bond acceptors (Lipinski definition) is 9. The predicted octanol–water partition coefficient (Wildman–Crippen LogP) is 6.39. The van der Waals surface area contributed by atoms with Gasteiger partial charge in [-0.1, -0.05) is 48.9 Å². The van der Waals surface area contributed by atoms with Gasteiger partial charge in [-0.2, -0.15) is 4.89 Å². The molecule has 236 valence electrons. The number of fused-ring (bicyclic) bond motifs is 1. The van der Waals surface area contributed by atoms with Crippen LogP contribution in [-0.4, -0.2) is 41.3 Å². The Bertz CT molecular complexity index is 1960. The fourth-order valence-electron chi connectivity index (χ4n) is 4.55. The number of benzene rings is 5. The van der Waals surface area contributed by atoms with Crippen LogP contribution in [0.1, 0.15) is 36.6 Å². The van der Waals surface area contributed by atoms with E-state index in [1.54, 1.807) is 36.4 Å². The van der Waals surface area contributed by atoms with Gasteiger partial charge in [-0.15, -0.1) is 0 Å². The fraction of sp³-hybridized carbons (Fsp3) is 0.0833. The van der Waals surface area contributed by atoms with Crippen LogP contribution >= 0.6 is 0 Å². The number of ether oxygens (including phenoxy) is 4. The van der Waals surface area contributed by atoms with Crippen LogP contribution in [0.2, 0.25) is 0 Å². The first-order valence-electron chi connectivity index (χ1n) is 14.0. The highest BCUT2D eigenvalue weighted by molar-refractivity contribution is 6.04. The summed E-state index contributed by atoms with van der Waals surface area (Å²) in [6.45, 7) is 0.270. The molecule has 0 bridgehead atoms. The first kappa shape index (κ1) is 31.9. The molecule has 5 aromatic carbocycles. The van der Waals surface area contributed by atoms with Crippen LogP contribution in [0.4, 0.5) is 0 Å². The number of carboxylic acids is 2. The van der Waals surface area contributed by atoms with Gasteiger partial charge in [0.25, 0.3) is 0 Å². The Hall–Kier alpha value is -6.51. The number of aromatic carboxylic acids is 2. The highest BCUT2D eigenvalue weighted by Crippen LogP contribution is 2.34. The molecule has 0 radical (unpaired) electrons. The number of carbonyl (C=O) groups is 3. The normalized spacial score (nSPS) is 10.4. The topological polar surface area (TPSA) is 147 Å². The monoisotopic (exact) mass is 634 g/mol. The lowest BCUT2D eigenvalue weighted by molar-refractivity contribution is -0.216. The first-order chi connectivity index (χ1) is 22.8. The van der Waals surface area contributed by atoms with Crippen molar-refractivity contribution in [2.24, 2.45) is 0 Å². The van der Waals surface area contributed by atoms with Crippen molar-refractivity contribution in [3.8, 4) is 41.3 Å². The summed E-state index contributed by atoms with van der Waals surface area (Å²) in [6, 6.07) is 27.2. The molecule has 0 saturated heterocycles. The second-order valence-electron chi connectivity index (χ2n) is 9.71. The lowest BCUT2D eigenvalue weighted by atomic mass is 10.1. The van der Waals surface area contributed by atoms with Gasteiger partial charge in [0, 0.05) is 16.3 Å². The summed E-state index contributed by atoms with van der Waals surface area (Å²) in [5.74, 6) is -1.85. The number of esters is 1. The third-order valence-electron chi connectivity index (χ3n) is 6.70. The van der Waals surface area contributed by atoms with E-state index in [0.717, 1.165) is 0 Å². The minimum absolute atomic E-state index is 0.00560. The quantitative estimate of drug-likeness (QED) is 0.0350. The molecule has 11 nitrogen and oxygen atoms in total. The number of rotatable bonds is 14. The van der Waals surface area contributed by atoms with Crippen molar-refractivity contribution in [2.75, 3.05) is 13.2 Å². The molecule has 2 N–H and O–H groups in total. The van der Waals surface area contributed by atoms with E-state index in [4.69, 9.17) is 35.1 Å². The van der Waals surface area contributed by atoms with Crippen molar-refractivity contribution in [1.29, 1.82) is 0 Å². The van der Waals surface area contributed by atoms with Crippen molar-refractivity contribution in [2.45, 2.75) is 6.61 Å². The maximum atomic E-state index is 13.1. The Balaban J connectivity index is 1.28. The van der Waals surface area contributed by atoms with Crippen LogP contribution in [0.3, 0.4) is 0 Å². The molecule has 5 aromatic rings. The number of hydrogen-bond donors (Lipinski definition) is 2. The van der Waals surface area contributed by atoms with E-state index < -0.39 is 17.9 Å². The van der Waals surface area contributed by atoms with E-state index in [-0.39, 0.29) is 53.8 Å². The minimum atomic E-state index is -1.34. The number of carbonyl (C=O) groups excluding carboxylic acids is 1. The standard InChI is InChI=1S/C36H26O11/c1-2-42-26-13-15-30(35(39)40)31(21-26)36(41)46-32-16-17-33(29-11-7-6-10-28(29)32)47-45-22-23-20-25(12-14-27(23)34(37)38)44-19-18-43-24-8-4-3-5-9-24/h1,3-17,20-21H,18-19,22H2,(H,37,38)(H,39,40). The molecule has 0 atom stereocenters. The maximum Gasteiger partial charge on any atom is 0.344 e. The van der Waals surface area contributed by atoms with Crippen LogP contribution in [0.15, 0.2) is 103 Å². The summed E-state index contributed by atoms with van der Waals surface area (Å²) in [6.07, 6.45) is 7.12. The smallest absolute Gasteiger partial charge is 0.344 e. The number of carboxylic acid groups (broad SMARTS) is 2. The van der Waals surface area contributed by atoms with Crippen LogP contribution in [0, 0.1) is 12.5 Å². The van der Waals surface area contributed by atoms with Gasteiger partial charge in [-0.3, -0.25) is 0 Å². The van der Waals surface area contributed by atoms with Crippen molar-refractivity contribution in [3.63, 3.8) is 0 Å². The van der Waals surface area contributed by atoms with Gasteiger partial charge in [0.05, 0.1) is 16.7 Å². The van der Waals surface area contributed by atoms with E-state index in [9.17, 15) is 24.6 Å². The van der Waals surface area contributed by atoms with Crippen LogP contribution < -0.4 is 23.8 Å². The highest BCUT2D eigenvalue weighted by atomic mass is 17.2. The highest BCUT2D eigenvalue weighted by Gasteiger charge is 2.21. The van der Waals surface area contributed by atoms with Crippen LogP contribution in [0.5, 0.6) is 28.7 Å². The van der Waals surface area contributed by atoms with Crippen molar-refractivity contribution >= 4 is 28.7 Å². The molecule has 0 fully saturated rings. The Kier molecular flexibility index (Phi) is 10.2. The molecule has 0 heterocycles. The summed E-state index contributed by atoms with van der Waals surface area (Å²) < 4.78 is 21.9. The van der Waals surface area contributed by atoms with Gasteiger partial charge >= 0.3 is 17.9 Å². The van der Waals surface area contributed by atoms with Gasteiger partial charge in [-0.05, 0) is 60.7 Å². The molecule has 0 aromatic heterocycles. The Morgan fingerprint density at radius 3 is 1.96 bits per heavy atom. The van der Waals surface area contributed by atoms with Gasteiger partial charge in [0.1, 0.15) is 48.9 Å². The fourth-order valence-corrected chi connectivity index (χ4v) is 4.55. The Morgan fingerprint density at radius 2 is 1.26 bits per heavy atom. The van der Waals surface area contributed by atoms with Gasteiger partial charge in [0.15, 0.2) is 5.75 Å². The minimum Gasteiger partial charge on any atom is -0.490 e. The molecule has 47 heavy (non-hydrogen) atoms. The van der Waals surface area contributed by atoms with Crippen molar-refractivity contribution in [1.82, 2.24) is 0 Å². The zero-order valence-electron chi connectivity index (χ0n) is 24.6. The zero-order valence-corrected chi connectivity index (χ0v) is 24.6. The second kappa shape index (κ2) is 15.0. The third-order valence-corrected chi connectivity index (χ3v) is 6.70. The maximum absolute atomic E-state index is 13.1. The SMILES string of the molecule is C#COc1ccc(C(=O)O)c(C(=O)Oc2ccc(OOCc3cc(OCCOc4ccccc4)ccc3C(=O)O)c3ccccc23)c1. The molecule has 0 aliphatic heterocycles. The van der Waals surface area contributed by atoms with Crippen molar-refractivity contribution in [3.05, 3.63) is 125 Å². The van der Waals surface area contributed by atoms with Gasteiger partial charge in [-0.25, -0.2) is 14.4 Å². The molecule has 0 aliphatic carbocycles. The van der Waals surface area contributed by atoms with Gasteiger partial charge in [0.2, 0.25) is 0 Å². The first-order valence-corrected chi connectivity index (χ1v) is 14.0. The average molecular weight is 635 g/mol. The summed E-state index contributed by atoms with van der Waals surface area (Å²) >= 11 is 0. The summed E-state index contributed by atoms with van der Waals surface area (Å²) in [4.78, 5) is 47.7. The van der Waals surface area contributed by atoms with Crippen molar-refractivity contribution < 1.29 is 53.3 Å². The molecule has 5 rings (SSSR count). The lowest BCUT2D eigenvalue weighted by Crippen LogP contribution is -2.14. The van der Waals surface area contributed by atoms with E-state index in [0.29, 0.717) is 27.8 Å². The lowest BCUT2D eigenvalue weighted by Gasteiger charge is -2.14. The Labute approximate surface area is 268 Å². The van der Waals surface area contributed by atoms with Crippen LogP contribution in [-0.2, 0) is 11.5 Å². The molecule has 0 spiro atoms. The Morgan fingerprint density at radius 1 is 0.638 bits per heavy atom. The molecule has 0 saturated carbocycles. The van der Waals surface area contributed by atoms with E-state index >= 15 is 0 Å². The second-order valence-corrected chi connectivity index (χ2v) is 9.71. The number of para-hydroxylation sites is 1. The molecule has 0 unspecified atom stereocenters. The average Bonchev–Trinajstić information content (AvgIpc) is 3.08. The third kappa shape index (κ3) is 7.96. The van der Waals surface area contributed by atoms with E-state index in [2.05, 4.69) is 0 Å². The predicted molar refractivity (Wildman–Crippen MR) is 168 cm³/mol. The summed E-state index contributed by atoms with van der Waals surface area (Å²) in [5.41, 5.74) is -0.250. The van der Waals surface area contributed by atoms with E-state index in [1.165, 1.54) is 36.4 Å². The summed E-state index contributed by atoms with van der Waals surface area (Å²) in [5, 5.41) is 20.2. The van der Waals surface area contributed by atoms with Crippen LogP contribution in [0.25, 0.3) is 10.8 Å². The number of terminal acetylenes is 1.